The molecule has 86 valence electrons. The molecule has 6 nitrogen and oxygen atoms in total. The molecular formula is C10H7ClN4O2. The molecular weight excluding hydrogens is 244 g/mol. The van der Waals surface area contributed by atoms with Crippen molar-refractivity contribution in [3.05, 3.63) is 51.8 Å². The van der Waals surface area contributed by atoms with Gasteiger partial charge in [-0.1, -0.05) is 17.7 Å². The van der Waals surface area contributed by atoms with Crippen molar-refractivity contribution in [3.8, 4) is 0 Å². The molecule has 0 saturated carbocycles. The van der Waals surface area contributed by atoms with Crippen LogP contribution in [0.25, 0.3) is 0 Å². The van der Waals surface area contributed by atoms with E-state index in [1.807, 2.05) is 0 Å². The minimum Gasteiger partial charge on any atom is -0.325 e. The maximum Gasteiger partial charge on any atom is 0.276 e. The lowest BCUT2D eigenvalue weighted by molar-refractivity contribution is 0.102. The number of aromatic nitrogens is 3. The first kappa shape index (κ1) is 11.3. The van der Waals surface area contributed by atoms with Gasteiger partial charge in [-0.05, 0) is 12.1 Å². The van der Waals surface area contributed by atoms with Crippen LogP contribution in [0.2, 0.25) is 5.15 Å². The molecule has 0 aliphatic rings. The van der Waals surface area contributed by atoms with Crippen LogP contribution in [-0.4, -0.2) is 20.9 Å². The summed E-state index contributed by atoms with van der Waals surface area (Å²) in [6.07, 6.45) is 2.25. The molecule has 0 saturated heterocycles. The second-order valence-electron chi connectivity index (χ2n) is 3.10. The Hall–Kier alpha value is -2.21. The summed E-state index contributed by atoms with van der Waals surface area (Å²) in [4.78, 5) is 32.3. The van der Waals surface area contributed by atoms with Gasteiger partial charge in [0, 0.05) is 6.20 Å². The van der Waals surface area contributed by atoms with Crippen molar-refractivity contribution in [1.29, 1.82) is 0 Å². The maximum absolute atomic E-state index is 11.7. The predicted molar refractivity (Wildman–Crippen MR) is 62.1 cm³/mol. The molecule has 0 aromatic carbocycles. The largest absolute Gasteiger partial charge is 0.325 e. The smallest absolute Gasteiger partial charge is 0.276 e. The van der Waals surface area contributed by atoms with E-state index in [1.54, 1.807) is 18.2 Å². The third-order valence-corrected chi connectivity index (χ3v) is 2.07. The average Bonchev–Trinajstić information content (AvgIpc) is 2.29. The van der Waals surface area contributed by atoms with E-state index in [4.69, 9.17) is 11.6 Å². The molecule has 0 aliphatic heterocycles. The summed E-state index contributed by atoms with van der Waals surface area (Å²) in [5, 5.41) is 2.77. The number of amides is 1. The van der Waals surface area contributed by atoms with Gasteiger partial charge in [-0.3, -0.25) is 9.59 Å². The van der Waals surface area contributed by atoms with Gasteiger partial charge in [0.15, 0.2) is 0 Å². The standard InChI is InChI=1S/C10H7ClN4O2/c11-7-2-1-3-8(14-7)15-10(17)6-4-13-9(16)5-12-6/h1-5H,(H,13,16)(H,14,15,17). The van der Waals surface area contributed by atoms with Crippen molar-refractivity contribution < 1.29 is 4.79 Å². The monoisotopic (exact) mass is 250 g/mol. The highest BCUT2D eigenvalue weighted by atomic mass is 35.5. The summed E-state index contributed by atoms with van der Waals surface area (Å²) >= 11 is 5.67. The summed E-state index contributed by atoms with van der Waals surface area (Å²) in [5.41, 5.74) is -0.284. The van der Waals surface area contributed by atoms with E-state index in [0.29, 0.717) is 5.82 Å². The van der Waals surface area contributed by atoms with Crippen LogP contribution in [0.15, 0.2) is 35.4 Å². The summed E-state index contributed by atoms with van der Waals surface area (Å²) < 4.78 is 0. The van der Waals surface area contributed by atoms with Crippen LogP contribution < -0.4 is 10.9 Å². The number of pyridine rings is 1. The van der Waals surface area contributed by atoms with Gasteiger partial charge >= 0.3 is 0 Å². The first-order chi connectivity index (χ1) is 8.15. The number of anilines is 1. The van der Waals surface area contributed by atoms with Gasteiger partial charge in [-0.15, -0.1) is 0 Å². The zero-order valence-corrected chi connectivity index (χ0v) is 9.23. The molecule has 2 aromatic rings. The lowest BCUT2D eigenvalue weighted by Gasteiger charge is -2.03. The molecule has 1 amide bonds. The Morgan fingerprint density at radius 2 is 2.24 bits per heavy atom. The number of hydrogen-bond acceptors (Lipinski definition) is 4. The van der Waals surface area contributed by atoms with Crippen LogP contribution in [0.4, 0.5) is 5.82 Å². The van der Waals surface area contributed by atoms with Crippen LogP contribution >= 0.6 is 11.6 Å². The van der Waals surface area contributed by atoms with E-state index in [2.05, 4.69) is 20.3 Å². The molecule has 2 N–H and O–H groups in total. The van der Waals surface area contributed by atoms with Crippen molar-refractivity contribution in [3.63, 3.8) is 0 Å². The van der Waals surface area contributed by atoms with Crippen LogP contribution in [0.3, 0.4) is 0 Å². The molecule has 2 rings (SSSR count). The number of H-pyrrole nitrogens is 1. The van der Waals surface area contributed by atoms with E-state index in [1.165, 1.54) is 6.20 Å². The minimum absolute atomic E-state index is 0.0892. The Labute approximate surface area is 101 Å². The molecule has 0 fully saturated rings. The molecule has 2 aromatic heterocycles. The SMILES string of the molecule is O=C(Nc1cccc(Cl)n1)c1c[nH]c(=O)cn1. The molecule has 17 heavy (non-hydrogen) atoms. The zero-order chi connectivity index (χ0) is 12.3. The summed E-state index contributed by atoms with van der Waals surface area (Å²) in [5.74, 6) is -0.161. The molecule has 0 radical (unpaired) electrons. The minimum atomic E-state index is -0.476. The van der Waals surface area contributed by atoms with Crippen molar-refractivity contribution in [2.24, 2.45) is 0 Å². The third kappa shape index (κ3) is 2.88. The fourth-order valence-electron chi connectivity index (χ4n) is 1.12. The van der Waals surface area contributed by atoms with Crippen molar-refractivity contribution in [1.82, 2.24) is 15.0 Å². The van der Waals surface area contributed by atoms with Crippen LogP contribution in [0.1, 0.15) is 10.5 Å². The average molecular weight is 251 g/mol. The predicted octanol–water partition coefficient (Wildman–Crippen LogP) is 1.07. The molecule has 0 spiro atoms. The van der Waals surface area contributed by atoms with Gasteiger partial charge in [-0.25, -0.2) is 9.97 Å². The fourth-order valence-corrected chi connectivity index (χ4v) is 1.29. The molecule has 0 atom stereocenters. The van der Waals surface area contributed by atoms with E-state index in [-0.39, 0.29) is 16.4 Å². The number of rotatable bonds is 2. The normalized spacial score (nSPS) is 9.94. The number of hydrogen-bond donors (Lipinski definition) is 2. The topological polar surface area (TPSA) is 87.7 Å². The Balaban J connectivity index is 2.17. The van der Waals surface area contributed by atoms with E-state index >= 15 is 0 Å². The Morgan fingerprint density at radius 1 is 1.41 bits per heavy atom. The highest BCUT2D eigenvalue weighted by Crippen LogP contribution is 2.09. The number of halogens is 1. The van der Waals surface area contributed by atoms with Crippen LogP contribution in [0, 0.1) is 0 Å². The second-order valence-corrected chi connectivity index (χ2v) is 3.48. The van der Waals surface area contributed by atoms with E-state index in [0.717, 1.165) is 6.20 Å². The van der Waals surface area contributed by atoms with E-state index in [9.17, 15) is 9.59 Å². The second kappa shape index (κ2) is 4.75. The maximum atomic E-state index is 11.7. The van der Waals surface area contributed by atoms with Gasteiger partial charge in [0.05, 0.1) is 6.20 Å². The number of nitrogens with zero attached hydrogens (tertiary/aromatic N) is 2. The summed E-state index contributed by atoms with van der Waals surface area (Å²) in [7, 11) is 0. The van der Waals surface area contributed by atoms with Gasteiger partial charge in [-0.2, -0.15) is 0 Å². The highest BCUT2D eigenvalue weighted by molar-refractivity contribution is 6.29. The molecule has 0 aliphatic carbocycles. The lowest BCUT2D eigenvalue weighted by Crippen LogP contribution is -2.17. The van der Waals surface area contributed by atoms with Crippen molar-refractivity contribution >= 4 is 23.3 Å². The lowest BCUT2D eigenvalue weighted by atomic mass is 10.4. The fraction of sp³-hybridized carbons (Fsp3) is 0. The van der Waals surface area contributed by atoms with Crippen molar-refractivity contribution in [2.75, 3.05) is 5.32 Å². The Bertz CT molecular complexity index is 591. The van der Waals surface area contributed by atoms with Crippen LogP contribution in [-0.2, 0) is 0 Å². The Kier molecular flexibility index (Phi) is 3.15. The number of nitrogens with one attached hydrogen (secondary N) is 2. The molecule has 0 bridgehead atoms. The first-order valence-corrected chi connectivity index (χ1v) is 5.01. The van der Waals surface area contributed by atoms with Crippen molar-refractivity contribution in [2.45, 2.75) is 0 Å². The highest BCUT2D eigenvalue weighted by Gasteiger charge is 2.08. The zero-order valence-electron chi connectivity index (χ0n) is 8.48. The van der Waals surface area contributed by atoms with Gasteiger partial charge in [0.25, 0.3) is 11.5 Å². The molecule has 7 heteroatoms. The third-order valence-electron chi connectivity index (χ3n) is 1.86. The quantitative estimate of drug-likeness (QED) is 0.781. The molecule has 2 heterocycles. The molecule has 0 unspecified atom stereocenters. The number of carbonyl (C=O) groups excluding carboxylic acids is 1. The van der Waals surface area contributed by atoms with Gasteiger partial charge < -0.3 is 10.3 Å². The van der Waals surface area contributed by atoms with Gasteiger partial charge in [0.1, 0.15) is 16.7 Å². The van der Waals surface area contributed by atoms with Crippen LogP contribution in [0.5, 0.6) is 0 Å². The Morgan fingerprint density at radius 3 is 2.88 bits per heavy atom. The number of aromatic amines is 1. The summed E-state index contributed by atoms with van der Waals surface area (Å²) in [6, 6.07) is 4.84. The summed E-state index contributed by atoms with van der Waals surface area (Å²) in [6.45, 7) is 0. The number of carbonyl (C=O) groups is 1. The van der Waals surface area contributed by atoms with Gasteiger partial charge in [0.2, 0.25) is 0 Å². The first-order valence-electron chi connectivity index (χ1n) is 4.64. The van der Waals surface area contributed by atoms with E-state index < -0.39 is 5.91 Å².